The summed E-state index contributed by atoms with van der Waals surface area (Å²) in [6.45, 7) is 2.02. The molecule has 58 heavy (non-hydrogen) atoms. The van der Waals surface area contributed by atoms with E-state index < -0.39 is 62.3 Å². The number of hydrogen-bond acceptors (Lipinski definition) is 17. The number of nitrogens with one attached hydrogen (secondary N) is 2. The average molecular weight is 842 g/mol. The van der Waals surface area contributed by atoms with Crippen LogP contribution in [0, 0.1) is 0 Å². The Labute approximate surface area is 340 Å². The molecular formula is C37H42Cl2N10O9. The van der Waals surface area contributed by atoms with Crippen LogP contribution in [0.2, 0.25) is 10.6 Å². The van der Waals surface area contributed by atoms with Gasteiger partial charge in [0.05, 0.1) is 32.4 Å². The van der Waals surface area contributed by atoms with Gasteiger partial charge in [-0.05, 0) is 54.2 Å². The normalized spacial score (nSPS) is 24.8. The summed E-state index contributed by atoms with van der Waals surface area (Å²) in [5, 5.41) is 65.6. The largest absolute Gasteiger partial charge is 0.492 e. The topological polar surface area (TPSA) is 260 Å². The summed E-state index contributed by atoms with van der Waals surface area (Å²) in [5.74, 6) is 1.63. The first-order valence-corrected chi connectivity index (χ1v) is 19.1. The van der Waals surface area contributed by atoms with Crippen LogP contribution in [0.4, 0.5) is 11.6 Å². The summed E-state index contributed by atoms with van der Waals surface area (Å²) >= 11 is 12.2. The summed E-state index contributed by atoms with van der Waals surface area (Å²) in [6, 6.07) is 19.5. The molecule has 2 saturated heterocycles. The van der Waals surface area contributed by atoms with Gasteiger partial charge in [0.1, 0.15) is 49.0 Å². The first-order valence-electron chi connectivity index (χ1n) is 18.3. The molecule has 6 heterocycles. The molecule has 0 radical (unpaired) electrons. The molecule has 2 aliphatic rings. The second kappa shape index (κ2) is 18.4. The van der Waals surface area contributed by atoms with Gasteiger partial charge in [0, 0.05) is 6.04 Å². The Bertz CT molecular complexity index is 2270. The van der Waals surface area contributed by atoms with Crippen molar-refractivity contribution in [3.63, 3.8) is 0 Å². The quantitative estimate of drug-likeness (QED) is 0.0608. The van der Waals surface area contributed by atoms with Crippen molar-refractivity contribution >= 4 is 57.2 Å². The van der Waals surface area contributed by atoms with Crippen molar-refractivity contribution in [1.82, 2.24) is 39.0 Å². The number of hydrogen-bond donors (Lipinski definition) is 8. The first kappa shape index (κ1) is 41.4. The van der Waals surface area contributed by atoms with Crippen molar-refractivity contribution in [3.8, 4) is 5.75 Å². The zero-order valence-electron chi connectivity index (χ0n) is 30.9. The van der Waals surface area contributed by atoms with Crippen LogP contribution in [0.15, 0.2) is 73.3 Å². The molecule has 19 nitrogen and oxygen atoms in total. The molecule has 308 valence electrons. The first-order chi connectivity index (χ1) is 28.1. The zero-order chi connectivity index (χ0) is 40.9. The number of imidazole rings is 2. The van der Waals surface area contributed by atoms with E-state index in [4.69, 9.17) is 37.4 Å². The molecule has 9 atom stereocenters. The third-order valence-corrected chi connectivity index (χ3v) is 9.88. The van der Waals surface area contributed by atoms with Crippen LogP contribution in [-0.2, 0) is 15.9 Å². The molecule has 8 N–H and O–H groups in total. The summed E-state index contributed by atoms with van der Waals surface area (Å²) in [6.07, 6.45) is -5.02. The van der Waals surface area contributed by atoms with Gasteiger partial charge < -0.3 is 55.5 Å². The van der Waals surface area contributed by atoms with Crippen molar-refractivity contribution in [1.29, 1.82) is 0 Å². The van der Waals surface area contributed by atoms with Crippen LogP contribution in [0.5, 0.6) is 5.75 Å². The average Bonchev–Trinajstić information content (AvgIpc) is 3.98. The Morgan fingerprint density at radius 1 is 0.707 bits per heavy atom. The number of ether oxygens (including phenoxy) is 3. The second-order valence-corrected chi connectivity index (χ2v) is 14.3. The highest BCUT2D eigenvalue weighted by Crippen LogP contribution is 2.34. The Hall–Kier alpha value is -4.80. The minimum Gasteiger partial charge on any atom is -0.492 e. The number of halogens is 2. The number of rotatable bonds is 13. The van der Waals surface area contributed by atoms with E-state index in [9.17, 15) is 30.6 Å². The Kier molecular flexibility index (Phi) is 13.1. The SMILES string of the molecule is C[C@H](Cc1ccccc1)Nc1nc(Cl)nc2c1ncn2[C@@H]1O[C@H](CO)[C@@H](O)[C@H]1O.OC[C@H]1O[C@@H](n2cnc3c(NCCOc4ccccc4)nc(Cl)nc32)[C@H](O)[C@@H]1O. The van der Waals surface area contributed by atoms with Crippen LogP contribution >= 0.6 is 23.2 Å². The van der Waals surface area contributed by atoms with Gasteiger partial charge in [0.2, 0.25) is 10.6 Å². The van der Waals surface area contributed by atoms with Gasteiger partial charge in [0.15, 0.2) is 46.4 Å². The molecule has 0 spiro atoms. The molecule has 0 aliphatic carbocycles. The number of aliphatic hydroxyl groups excluding tert-OH is 6. The highest BCUT2D eigenvalue weighted by molar-refractivity contribution is 6.29. The van der Waals surface area contributed by atoms with Gasteiger partial charge in [-0.25, -0.2) is 9.97 Å². The van der Waals surface area contributed by atoms with Crippen LogP contribution in [0.3, 0.4) is 0 Å². The molecule has 2 aliphatic heterocycles. The molecule has 2 fully saturated rings. The third-order valence-electron chi connectivity index (χ3n) is 9.55. The molecule has 2 aromatic carbocycles. The summed E-state index contributed by atoms with van der Waals surface area (Å²) in [4.78, 5) is 25.5. The van der Waals surface area contributed by atoms with Crippen molar-refractivity contribution < 1.29 is 44.8 Å². The Balaban J connectivity index is 0.000000177. The van der Waals surface area contributed by atoms with Crippen molar-refractivity contribution in [2.45, 2.75) is 68.5 Å². The Morgan fingerprint density at radius 3 is 1.72 bits per heavy atom. The predicted molar refractivity (Wildman–Crippen MR) is 210 cm³/mol. The molecule has 21 heteroatoms. The standard InChI is InChI=1S/C19H22ClN5O4.C18H20ClN5O5/c1-10(7-11-5-3-2-4-6-11)22-16-13-17(24-19(20)23-16)25(9-21-13)18-15(28)14(27)12(8-26)29-18;19-18-22-15(20-6-7-28-10-4-2-1-3-5-10)12-16(23-18)24(9-21-12)17-14(27)13(26)11(8-25)29-17/h2-6,9-10,12,14-15,18,26-28H,7-8H2,1H3,(H,22,23,24);1-5,9,11,13-14,17,25-27H,6-8H2,(H,20,22,23)/t10-,12-,14-,15-,18-;11-,13-,14-,17-/m11/s1. The number of aliphatic hydroxyl groups is 6. The number of nitrogens with zero attached hydrogens (tertiary/aromatic N) is 8. The van der Waals surface area contributed by atoms with Crippen molar-refractivity contribution in [2.75, 3.05) is 37.0 Å². The smallest absolute Gasteiger partial charge is 0.226 e. The third kappa shape index (κ3) is 8.93. The number of para-hydroxylation sites is 1. The van der Waals surface area contributed by atoms with E-state index in [-0.39, 0.29) is 16.6 Å². The highest BCUT2D eigenvalue weighted by atomic mass is 35.5. The molecular weight excluding hydrogens is 799 g/mol. The molecule has 8 rings (SSSR count). The number of benzene rings is 2. The lowest BCUT2D eigenvalue weighted by atomic mass is 10.1. The fraction of sp³-hybridized carbons (Fsp3) is 0.405. The maximum absolute atomic E-state index is 10.3. The number of fused-ring (bicyclic) bond motifs is 2. The van der Waals surface area contributed by atoms with Gasteiger partial charge in [-0.3, -0.25) is 9.13 Å². The molecule has 4 aromatic heterocycles. The van der Waals surface area contributed by atoms with Gasteiger partial charge >= 0.3 is 0 Å². The number of anilines is 2. The fourth-order valence-corrected chi connectivity index (χ4v) is 7.03. The van der Waals surface area contributed by atoms with Crippen LogP contribution in [0.1, 0.15) is 24.9 Å². The van der Waals surface area contributed by atoms with E-state index in [1.165, 1.54) is 27.4 Å². The maximum Gasteiger partial charge on any atom is 0.226 e. The molecule has 6 aromatic rings. The van der Waals surface area contributed by atoms with Gasteiger partial charge in [-0.2, -0.15) is 19.9 Å². The molecule has 0 unspecified atom stereocenters. The van der Waals surface area contributed by atoms with E-state index in [0.29, 0.717) is 47.1 Å². The predicted octanol–water partition coefficient (Wildman–Crippen LogP) is 1.72. The summed E-state index contributed by atoms with van der Waals surface area (Å²) in [5.41, 5.74) is 2.75. The lowest BCUT2D eigenvalue weighted by Gasteiger charge is -2.17. The highest BCUT2D eigenvalue weighted by Gasteiger charge is 2.45. The lowest BCUT2D eigenvalue weighted by molar-refractivity contribution is -0.0511. The van der Waals surface area contributed by atoms with Gasteiger partial charge in [-0.1, -0.05) is 48.5 Å². The van der Waals surface area contributed by atoms with E-state index >= 15 is 0 Å². The lowest BCUT2D eigenvalue weighted by Crippen LogP contribution is -2.33. The van der Waals surface area contributed by atoms with Gasteiger partial charge in [0.25, 0.3) is 0 Å². The Morgan fingerprint density at radius 2 is 1.21 bits per heavy atom. The summed E-state index contributed by atoms with van der Waals surface area (Å²) in [7, 11) is 0. The van der Waals surface area contributed by atoms with Crippen molar-refractivity contribution in [2.24, 2.45) is 0 Å². The second-order valence-electron chi connectivity index (χ2n) is 13.6. The van der Waals surface area contributed by atoms with Gasteiger partial charge in [-0.15, -0.1) is 0 Å². The van der Waals surface area contributed by atoms with E-state index in [2.05, 4.69) is 52.7 Å². The van der Waals surface area contributed by atoms with Crippen LogP contribution in [0.25, 0.3) is 22.3 Å². The monoisotopic (exact) mass is 840 g/mol. The molecule has 0 saturated carbocycles. The molecule has 0 amide bonds. The number of aromatic nitrogens is 8. The fourth-order valence-electron chi connectivity index (χ4n) is 6.70. The van der Waals surface area contributed by atoms with E-state index in [1.54, 1.807) is 0 Å². The molecule has 0 bridgehead atoms. The van der Waals surface area contributed by atoms with E-state index in [0.717, 1.165) is 12.2 Å². The van der Waals surface area contributed by atoms with Crippen LogP contribution < -0.4 is 15.4 Å². The maximum atomic E-state index is 10.3. The van der Waals surface area contributed by atoms with Crippen LogP contribution in [-0.4, -0.2) is 139 Å². The van der Waals surface area contributed by atoms with Crippen molar-refractivity contribution in [3.05, 3.63) is 89.4 Å². The minimum atomic E-state index is -1.26. The summed E-state index contributed by atoms with van der Waals surface area (Å²) < 4.78 is 19.7. The zero-order valence-corrected chi connectivity index (χ0v) is 32.4. The van der Waals surface area contributed by atoms with E-state index in [1.807, 2.05) is 55.5 Å². The minimum absolute atomic E-state index is 0.0143.